The van der Waals surface area contributed by atoms with Crippen molar-refractivity contribution < 1.29 is 40.4 Å². The van der Waals surface area contributed by atoms with Gasteiger partial charge in [0.1, 0.15) is 23.5 Å². The lowest BCUT2D eigenvalue weighted by Crippen LogP contribution is -2.50. The molecule has 2 aromatic heterocycles. The molecule has 6 aliphatic rings. The first kappa shape index (κ1) is 44.4. The summed E-state index contributed by atoms with van der Waals surface area (Å²) >= 11 is 0. The average molecular weight is 929 g/mol. The lowest BCUT2D eigenvalue weighted by atomic mass is 9.87. The van der Waals surface area contributed by atoms with Gasteiger partial charge >= 0.3 is 10.2 Å². The van der Waals surface area contributed by atoms with Gasteiger partial charge in [0.25, 0.3) is 0 Å². The average Bonchev–Trinajstić information content (AvgIpc) is 4.06. The Morgan fingerprint density at radius 2 is 1.64 bits per heavy atom. The van der Waals surface area contributed by atoms with Crippen LogP contribution in [0.5, 0.6) is 0 Å². The van der Waals surface area contributed by atoms with E-state index in [1.165, 1.54) is 35.2 Å². The van der Waals surface area contributed by atoms with E-state index < -0.39 is 57.3 Å². The number of imide groups is 1. The number of aromatic amines is 1. The van der Waals surface area contributed by atoms with Gasteiger partial charge in [-0.15, -0.1) is 0 Å². The first-order valence-electron chi connectivity index (χ1n) is 23.0. The number of aromatic nitrogens is 2. The molecule has 2 aromatic carbocycles. The van der Waals surface area contributed by atoms with Gasteiger partial charge in [0.15, 0.2) is 5.83 Å². The highest BCUT2D eigenvalue weighted by Gasteiger charge is 2.37. The molecule has 5 aliphatic heterocycles. The smallest absolute Gasteiger partial charge is 0.301 e. The van der Waals surface area contributed by atoms with Crippen molar-refractivity contribution in [2.24, 2.45) is 5.92 Å². The normalized spacial score (nSPS) is 23.3. The molecule has 4 saturated heterocycles. The number of H-pyrrole nitrogens is 1. The number of pyridine rings is 1. The van der Waals surface area contributed by atoms with Crippen molar-refractivity contribution in [3.05, 3.63) is 106 Å². The van der Waals surface area contributed by atoms with Crippen LogP contribution in [-0.4, -0.2) is 108 Å². The molecule has 13 nitrogen and oxygen atoms in total. The van der Waals surface area contributed by atoms with Crippen LogP contribution in [0.1, 0.15) is 90.8 Å². The number of ketones is 1. The van der Waals surface area contributed by atoms with Crippen molar-refractivity contribution in [3.63, 3.8) is 0 Å². The second kappa shape index (κ2) is 18.0. The second-order valence-electron chi connectivity index (χ2n) is 18.6. The lowest BCUT2D eigenvalue weighted by Gasteiger charge is -2.38. The molecule has 4 aromatic rings. The van der Waals surface area contributed by atoms with Gasteiger partial charge in [0, 0.05) is 87.6 Å². The fourth-order valence-electron chi connectivity index (χ4n) is 10.7. The lowest BCUT2D eigenvalue weighted by molar-refractivity contribution is -0.137. The number of carbonyl (C=O) groups is 3. The zero-order valence-corrected chi connectivity index (χ0v) is 37.2. The van der Waals surface area contributed by atoms with Crippen molar-refractivity contribution in [1.29, 1.82) is 0 Å². The fraction of sp³-hybridized carbons (Fsp3) is 0.458. The highest BCUT2D eigenvalue weighted by Crippen LogP contribution is 2.38. The van der Waals surface area contributed by atoms with Crippen molar-refractivity contribution in [2.75, 3.05) is 50.7 Å². The molecular weight excluding hydrogens is 877 g/mol. The van der Waals surface area contributed by atoms with Crippen molar-refractivity contribution >= 4 is 44.5 Å². The summed E-state index contributed by atoms with van der Waals surface area (Å²) in [5.74, 6) is -3.16. The number of hydrogen-bond donors (Lipinski definition) is 3. The van der Waals surface area contributed by atoms with E-state index in [-0.39, 0.29) is 60.4 Å². The van der Waals surface area contributed by atoms with Crippen LogP contribution in [0.3, 0.4) is 0 Å². The molecule has 0 saturated carbocycles. The number of piperidine rings is 3. The maximum Gasteiger partial charge on any atom is 0.301 e. The van der Waals surface area contributed by atoms with E-state index in [0.717, 1.165) is 75.8 Å². The largest absolute Gasteiger partial charge is 0.369 e. The van der Waals surface area contributed by atoms with E-state index in [2.05, 4.69) is 52.9 Å². The quantitative estimate of drug-likeness (QED) is 0.0835. The molecule has 2 amide bonds. The minimum Gasteiger partial charge on any atom is -0.369 e. The topological polar surface area (TPSA) is 151 Å². The van der Waals surface area contributed by atoms with Gasteiger partial charge in [-0.2, -0.15) is 12.7 Å². The Labute approximate surface area is 380 Å². The molecule has 1 unspecified atom stereocenters. The molecule has 0 radical (unpaired) electrons. The number of nitrogens with one attached hydrogen (secondary N) is 3. The summed E-state index contributed by atoms with van der Waals surface area (Å²) in [6, 6.07) is 13.1. The summed E-state index contributed by atoms with van der Waals surface area (Å²) in [6.45, 7) is 5.50. The van der Waals surface area contributed by atoms with Crippen LogP contribution in [0.15, 0.2) is 77.8 Å². The van der Waals surface area contributed by atoms with E-state index in [1.807, 2.05) is 0 Å². The SMILES string of the molecule is O=C1CCC(N2Cc3ccc(C4CCN(CC5CCN(c6ccc(-c7cnc8[nH]cc(C(=O)C9=C(F)CCC(NS(=O)(=O)N%10CC[C@@H](F)C%10)=C9F)c8c7)cc6F)CC5)CC4)cc3C2)C(=O)N1. The molecule has 10 rings (SSSR count). The summed E-state index contributed by atoms with van der Waals surface area (Å²) in [5, 5.41) is 2.74. The number of halogens is 4. The molecule has 18 heteroatoms. The highest BCUT2D eigenvalue weighted by molar-refractivity contribution is 7.87. The van der Waals surface area contributed by atoms with E-state index in [9.17, 15) is 27.2 Å². The van der Waals surface area contributed by atoms with Crippen LogP contribution in [0, 0.1) is 11.7 Å². The fourth-order valence-corrected chi connectivity index (χ4v) is 12.1. The van der Waals surface area contributed by atoms with E-state index in [4.69, 9.17) is 0 Å². The standard InChI is InChI=1S/C48H52F4N8O5S/c49-35-13-18-60(27-35)66(64,65)56-40-5-4-38(50)44(45(40)52)46(62)37-23-54-47-36(37)20-33(22-53-47)31-3-6-41(39(51)21-31)58-16-9-28(10-17-58)24-57-14-11-29(12-15-57)30-1-2-32-25-59(26-34(32)19-30)42-7-8-43(61)55-48(42)63/h1-3,6,19-23,28-29,35,42,56H,4-5,7-18,24-27H2,(H,53,54)(H,55,61,63)/t35-,42?/m1/s1. The number of carbonyl (C=O) groups excluding carboxylic acids is 3. The Morgan fingerprint density at radius 1 is 0.848 bits per heavy atom. The van der Waals surface area contributed by atoms with Crippen LogP contribution in [0.2, 0.25) is 0 Å². The van der Waals surface area contributed by atoms with Crippen LogP contribution < -0.4 is 14.9 Å². The van der Waals surface area contributed by atoms with Gasteiger partial charge in [-0.25, -0.2) is 22.5 Å². The third-order valence-corrected chi connectivity index (χ3v) is 16.0. The molecule has 66 heavy (non-hydrogen) atoms. The van der Waals surface area contributed by atoms with Crippen LogP contribution >= 0.6 is 0 Å². The predicted molar refractivity (Wildman–Crippen MR) is 240 cm³/mol. The second-order valence-corrected chi connectivity index (χ2v) is 20.3. The summed E-state index contributed by atoms with van der Waals surface area (Å²) in [4.78, 5) is 52.0. The molecular formula is C48H52F4N8O5S. The van der Waals surface area contributed by atoms with Gasteiger partial charge < -0.3 is 14.8 Å². The molecule has 2 atom stereocenters. The summed E-state index contributed by atoms with van der Waals surface area (Å²) in [6.07, 6.45) is 5.71. The Balaban J connectivity index is 0.736. The van der Waals surface area contributed by atoms with Crippen LogP contribution in [0.4, 0.5) is 23.2 Å². The minimum absolute atomic E-state index is 0.00704. The van der Waals surface area contributed by atoms with E-state index in [0.29, 0.717) is 41.5 Å². The van der Waals surface area contributed by atoms with Gasteiger partial charge in [0.2, 0.25) is 17.6 Å². The number of anilines is 1. The molecule has 1 aliphatic carbocycles. The zero-order valence-electron chi connectivity index (χ0n) is 36.4. The molecule has 7 heterocycles. The Hall–Kier alpha value is -5.43. The predicted octanol–water partition coefficient (Wildman–Crippen LogP) is 6.85. The number of benzene rings is 2. The number of alkyl halides is 1. The van der Waals surface area contributed by atoms with Crippen molar-refractivity contribution in [1.82, 2.24) is 34.1 Å². The maximum atomic E-state index is 15.9. The number of Topliss-reactive ketones (excluding diaryl/α,β-unsaturated/α-hetero) is 1. The minimum atomic E-state index is -4.33. The number of fused-ring (bicyclic) bond motifs is 2. The summed E-state index contributed by atoms with van der Waals surface area (Å²) in [7, 11) is -4.33. The Morgan fingerprint density at radius 3 is 2.38 bits per heavy atom. The number of nitrogens with zero attached hydrogens (tertiary/aromatic N) is 5. The number of allylic oxidation sites excluding steroid dienone is 4. The number of hydrogen-bond acceptors (Lipinski definition) is 9. The number of amides is 2. The van der Waals surface area contributed by atoms with Gasteiger partial charge in [-0.05, 0) is 110 Å². The molecule has 348 valence electrons. The first-order chi connectivity index (χ1) is 31.8. The Bertz CT molecular complexity index is 2780. The Kier molecular flexibility index (Phi) is 12.1. The first-order valence-corrected chi connectivity index (χ1v) is 24.4. The van der Waals surface area contributed by atoms with E-state index in [1.54, 1.807) is 18.2 Å². The van der Waals surface area contributed by atoms with Gasteiger partial charge in [-0.1, -0.05) is 24.3 Å². The zero-order chi connectivity index (χ0) is 45.9. The van der Waals surface area contributed by atoms with Crippen molar-refractivity contribution in [3.8, 4) is 11.1 Å². The maximum absolute atomic E-state index is 15.9. The highest BCUT2D eigenvalue weighted by atomic mass is 32.2. The molecule has 4 fully saturated rings. The van der Waals surface area contributed by atoms with Crippen LogP contribution in [-0.2, 0) is 32.9 Å². The molecule has 3 N–H and O–H groups in total. The molecule has 0 spiro atoms. The molecule has 0 bridgehead atoms. The van der Waals surface area contributed by atoms with Gasteiger partial charge in [0.05, 0.1) is 23.0 Å². The van der Waals surface area contributed by atoms with E-state index >= 15 is 13.2 Å². The monoisotopic (exact) mass is 928 g/mol. The third kappa shape index (κ3) is 8.79. The van der Waals surface area contributed by atoms with Gasteiger partial charge in [-0.3, -0.25) is 29.3 Å². The summed E-state index contributed by atoms with van der Waals surface area (Å²) < 4.78 is 89.3. The van der Waals surface area contributed by atoms with Crippen molar-refractivity contribution in [2.45, 2.75) is 89.0 Å². The van der Waals surface area contributed by atoms with Crippen LogP contribution in [0.25, 0.3) is 22.2 Å². The summed E-state index contributed by atoms with van der Waals surface area (Å²) in [5.41, 5.74) is 4.18. The number of rotatable bonds is 11. The third-order valence-electron chi connectivity index (χ3n) is 14.5. The number of likely N-dealkylation sites (tertiary alicyclic amines) is 1.